The van der Waals surface area contributed by atoms with Gasteiger partial charge < -0.3 is 10.1 Å². The first-order valence-corrected chi connectivity index (χ1v) is 8.51. The van der Waals surface area contributed by atoms with Gasteiger partial charge >= 0.3 is 5.97 Å². The van der Waals surface area contributed by atoms with Crippen LogP contribution in [0, 0.1) is 20.8 Å². The molecular formula is C21H25NO3. The third-order valence-corrected chi connectivity index (χ3v) is 4.18. The summed E-state index contributed by atoms with van der Waals surface area (Å²) in [5.74, 6) is -1.05. The molecule has 2 aromatic rings. The third kappa shape index (κ3) is 4.92. The van der Waals surface area contributed by atoms with Crippen LogP contribution in [0.3, 0.4) is 0 Å². The van der Waals surface area contributed by atoms with E-state index in [0.717, 1.165) is 27.9 Å². The van der Waals surface area contributed by atoms with Crippen molar-refractivity contribution in [3.63, 3.8) is 0 Å². The third-order valence-electron chi connectivity index (χ3n) is 4.18. The predicted octanol–water partition coefficient (Wildman–Crippen LogP) is 4.29. The summed E-state index contributed by atoms with van der Waals surface area (Å²) in [4.78, 5) is 24.5. The van der Waals surface area contributed by atoms with Gasteiger partial charge in [0.2, 0.25) is 0 Å². The number of hydrogen-bond acceptors (Lipinski definition) is 3. The lowest BCUT2D eigenvalue weighted by molar-refractivity contribution is -0.149. The number of ether oxygens (including phenoxy) is 1. The highest BCUT2D eigenvalue weighted by atomic mass is 16.5. The molecule has 0 heterocycles. The van der Waals surface area contributed by atoms with Crippen molar-refractivity contribution in [2.24, 2.45) is 0 Å². The second-order valence-corrected chi connectivity index (χ2v) is 6.30. The fourth-order valence-electron chi connectivity index (χ4n) is 3.01. The van der Waals surface area contributed by atoms with E-state index in [2.05, 4.69) is 5.32 Å². The Kier molecular flexibility index (Phi) is 6.34. The van der Waals surface area contributed by atoms with Gasteiger partial charge in [0.1, 0.15) is 0 Å². The highest BCUT2D eigenvalue weighted by Crippen LogP contribution is 2.23. The smallest absolute Gasteiger partial charge is 0.313 e. The van der Waals surface area contributed by atoms with E-state index in [4.69, 9.17) is 4.74 Å². The fourth-order valence-corrected chi connectivity index (χ4v) is 3.01. The Hall–Kier alpha value is -2.62. The molecule has 132 valence electrons. The van der Waals surface area contributed by atoms with E-state index in [9.17, 15) is 9.59 Å². The number of nitrogens with one attached hydrogen (secondary N) is 1. The molecule has 2 aromatic carbocycles. The van der Waals surface area contributed by atoms with Gasteiger partial charge in [-0.2, -0.15) is 0 Å². The molecule has 0 aliphatic heterocycles. The first-order chi connectivity index (χ1) is 11.9. The molecule has 0 bridgehead atoms. The Morgan fingerprint density at radius 2 is 1.64 bits per heavy atom. The molecule has 0 saturated carbocycles. The van der Waals surface area contributed by atoms with Crippen LogP contribution in [0.2, 0.25) is 0 Å². The van der Waals surface area contributed by atoms with Gasteiger partial charge in [0.05, 0.1) is 5.92 Å². The fraction of sp³-hybridized carbons (Fsp3) is 0.333. The number of rotatable bonds is 6. The molecule has 0 aliphatic rings. The minimum absolute atomic E-state index is 0.283. The lowest BCUT2D eigenvalue weighted by Gasteiger charge is -2.16. The quantitative estimate of drug-likeness (QED) is 0.799. The highest BCUT2D eigenvalue weighted by molar-refractivity contribution is 5.94. The predicted molar refractivity (Wildman–Crippen MR) is 99.7 cm³/mol. The molecule has 1 atom stereocenters. The minimum atomic E-state index is -0.374. The number of anilines is 1. The molecule has 1 amide bonds. The second-order valence-electron chi connectivity index (χ2n) is 6.30. The lowest BCUT2D eigenvalue weighted by Crippen LogP contribution is -2.24. The number of hydrogen-bond donors (Lipinski definition) is 1. The Bertz CT molecular complexity index is 730. The molecule has 4 heteroatoms. The molecule has 25 heavy (non-hydrogen) atoms. The average Bonchev–Trinajstić information content (AvgIpc) is 2.58. The van der Waals surface area contributed by atoms with Crippen LogP contribution in [0.5, 0.6) is 0 Å². The van der Waals surface area contributed by atoms with E-state index in [1.165, 1.54) is 0 Å². The second kappa shape index (κ2) is 8.47. The van der Waals surface area contributed by atoms with Crippen LogP contribution >= 0.6 is 0 Å². The number of carbonyl (C=O) groups is 2. The normalized spacial score (nSPS) is 11.7. The van der Waals surface area contributed by atoms with Gasteiger partial charge in [0.15, 0.2) is 6.61 Å². The summed E-state index contributed by atoms with van der Waals surface area (Å²) in [6.07, 6.45) is 0.626. The molecule has 0 radical (unpaired) electrons. The number of carbonyl (C=O) groups excluding carboxylic acids is 2. The Balaban J connectivity index is 1.97. The van der Waals surface area contributed by atoms with Crippen LogP contribution in [-0.2, 0) is 14.3 Å². The van der Waals surface area contributed by atoms with E-state index in [0.29, 0.717) is 6.42 Å². The Morgan fingerprint density at radius 3 is 2.20 bits per heavy atom. The maximum atomic E-state index is 12.3. The first kappa shape index (κ1) is 18.7. The summed E-state index contributed by atoms with van der Waals surface area (Å²) < 4.78 is 5.24. The minimum Gasteiger partial charge on any atom is -0.455 e. The van der Waals surface area contributed by atoms with Crippen molar-refractivity contribution >= 4 is 17.6 Å². The molecule has 2 rings (SSSR count). The summed E-state index contributed by atoms with van der Waals surface area (Å²) in [5.41, 5.74) is 4.82. The lowest BCUT2D eigenvalue weighted by atomic mass is 9.97. The van der Waals surface area contributed by atoms with Gasteiger partial charge in [-0.1, -0.05) is 55.0 Å². The maximum Gasteiger partial charge on any atom is 0.313 e. The van der Waals surface area contributed by atoms with E-state index >= 15 is 0 Å². The number of aryl methyl sites for hydroxylation is 3. The van der Waals surface area contributed by atoms with Gasteiger partial charge in [-0.3, -0.25) is 9.59 Å². The first-order valence-electron chi connectivity index (χ1n) is 8.51. The van der Waals surface area contributed by atoms with Crippen molar-refractivity contribution in [3.8, 4) is 0 Å². The zero-order chi connectivity index (χ0) is 18.4. The summed E-state index contributed by atoms with van der Waals surface area (Å²) >= 11 is 0. The largest absolute Gasteiger partial charge is 0.455 e. The number of esters is 1. The monoisotopic (exact) mass is 339 g/mol. The van der Waals surface area contributed by atoms with Crippen LogP contribution in [0.1, 0.15) is 41.5 Å². The molecule has 0 saturated heterocycles. The Labute approximate surface area is 149 Å². The van der Waals surface area contributed by atoms with Crippen LogP contribution < -0.4 is 5.32 Å². The zero-order valence-corrected chi connectivity index (χ0v) is 15.3. The van der Waals surface area contributed by atoms with E-state index in [-0.39, 0.29) is 24.4 Å². The van der Waals surface area contributed by atoms with Gasteiger partial charge in [-0.05, 0) is 43.9 Å². The highest BCUT2D eigenvalue weighted by Gasteiger charge is 2.21. The van der Waals surface area contributed by atoms with E-state index in [1.807, 2.05) is 70.2 Å². The van der Waals surface area contributed by atoms with Crippen molar-refractivity contribution < 1.29 is 14.3 Å². The van der Waals surface area contributed by atoms with Crippen LogP contribution in [0.15, 0.2) is 42.5 Å². The molecule has 0 aromatic heterocycles. The molecule has 0 fully saturated rings. The van der Waals surface area contributed by atoms with Crippen molar-refractivity contribution in [2.45, 2.75) is 40.0 Å². The molecule has 1 N–H and O–H groups in total. The summed E-state index contributed by atoms with van der Waals surface area (Å²) in [6, 6.07) is 13.5. The summed E-state index contributed by atoms with van der Waals surface area (Å²) in [6.45, 7) is 7.56. The van der Waals surface area contributed by atoms with Crippen molar-refractivity contribution in [1.82, 2.24) is 0 Å². The van der Waals surface area contributed by atoms with E-state index in [1.54, 1.807) is 0 Å². The van der Waals surface area contributed by atoms with Crippen molar-refractivity contribution in [3.05, 3.63) is 64.7 Å². The number of amides is 1. The maximum absolute atomic E-state index is 12.3. The topological polar surface area (TPSA) is 55.4 Å². The summed E-state index contributed by atoms with van der Waals surface area (Å²) in [5, 5.41) is 2.84. The average molecular weight is 339 g/mol. The molecule has 0 spiro atoms. The zero-order valence-electron chi connectivity index (χ0n) is 15.3. The van der Waals surface area contributed by atoms with Crippen molar-refractivity contribution in [1.29, 1.82) is 0 Å². The van der Waals surface area contributed by atoms with Gasteiger partial charge in [-0.25, -0.2) is 0 Å². The molecule has 0 unspecified atom stereocenters. The standard InChI is InChI=1S/C21H25NO3/c1-5-18(17-9-7-6-8-10-17)21(24)25-13-19(23)22-20-15(3)11-14(2)12-16(20)4/h6-12,18H,5,13H2,1-4H3,(H,22,23)/t18-/m0/s1. The molecule has 0 aliphatic carbocycles. The number of benzene rings is 2. The van der Waals surface area contributed by atoms with Crippen LogP contribution in [-0.4, -0.2) is 18.5 Å². The van der Waals surface area contributed by atoms with Gasteiger partial charge in [0, 0.05) is 5.69 Å². The molecule has 4 nitrogen and oxygen atoms in total. The van der Waals surface area contributed by atoms with Crippen LogP contribution in [0.4, 0.5) is 5.69 Å². The van der Waals surface area contributed by atoms with Gasteiger partial charge in [0.25, 0.3) is 5.91 Å². The molecular weight excluding hydrogens is 314 g/mol. The summed E-state index contributed by atoms with van der Waals surface area (Å²) in [7, 11) is 0. The Morgan fingerprint density at radius 1 is 1.04 bits per heavy atom. The van der Waals surface area contributed by atoms with Crippen LogP contribution in [0.25, 0.3) is 0 Å². The SMILES string of the molecule is CC[C@H](C(=O)OCC(=O)Nc1c(C)cc(C)cc1C)c1ccccc1. The van der Waals surface area contributed by atoms with E-state index < -0.39 is 0 Å². The van der Waals surface area contributed by atoms with Crippen molar-refractivity contribution in [2.75, 3.05) is 11.9 Å². The van der Waals surface area contributed by atoms with Gasteiger partial charge in [-0.15, -0.1) is 0 Å².